The molecule has 0 saturated heterocycles. The van der Waals surface area contributed by atoms with Gasteiger partial charge in [0, 0.05) is 17.8 Å². The molecule has 1 aromatic heterocycles. The summed E-state index contributed by atoms with van der Waals surface area (Å²) in [5.74, 6) is 0.657. The summed E-state index contributed by atoms with van der Waals surface area (Å²) in [4.78, 5) is 29.9. The molecule has 0 radical (unpaired) electrons. The number of hydrogen-bond donors (Lipinski definition) is 1. The fraction of sp³-hybridized carbons (Fsp3) is 0.333. The minimum Gasteiger partial charge on any atom is -0.486 e. The molecule has 9 nitrogen and oxygen atoms in total. The predicted molar refractivity (Wildman–Crippen MR) is 147 cm³/mol. The van der Waals surface area contributed by atoms with Gasteiger partial charge in [-0.25, -0.2) is 4.68 Å². The van der Waals surface area contributed by atoms with E-state index in [1.54, 1.807) is 27.8 Å². The maximum Gasteiger partial charge on any atom is 0.249 e. The molecule has 4 aromatic rings. The van der Waals surface area contributed by atoms with E-state index in [4.69, 9.17) is 9.47 Å². The topological polar surface area (TPSA) is 98.6 Å². The second-order valence-corrected chi connectivity index (χ2v) is 10.1. The molecular weight excluding hydrogens is 494 g/mol. The Labute approximate surface area is 226 Å². The van der Waals surface area contributed by atoms with Crippen LogP contribution in [0.1, 0.15) is 42.9 Å². The number of rotatable bonds is 7. The molecule has 1 fully saturated rings. The molecule has 1 saturated carbocycles. The van der Waals surface area contributed by atoms with Crippen LogP contribution in [0.2, 0.25) is 0 Å². The van der Waals surface area contributed by atoms with E-state index in [0.29, 0.717) is 35.9 Å². The Hall–Kier alpha value is -4.40. The number of nitrogens with one attached hydrogen (secondary N) is 1. The quantitative estimate of drug-likeness (QED) is 0.385. The number of aromatic nitrogens is 3. The summed E-state index contributed by atoms with van der Waals surface area (Å²) in [6, 6.07) is 19.8. The van der Waals surface area contributed by atoms with Crippen molar-refractivity contribution in [3.8, 4) is 11.5 Å². The lowest BCUT2D eigenvalue weighted by atomic mass is 9.97. The largest absolute Gasteiger partial charge is 0.486 e. The number of aryl methyl sites for hydroxylation is 1. The van der Waals surface area contributed by atoms with Crippen LogP contribution < -0.4 is 19.7 Å². The second-order valence-electron chi connectivity index (χ2n) is 10.1. The van der Waals surface area contributed by atoms with E-state index < -0.39 is 6.04 Å². The molecule has 2 amide bonds. The van der Waals surface area contributed by atoms with Crippen LogP contribution in [0.25, 0.3) is 11.0 Å². The monoisotopic (exact) mass is 525 g/mol. The number of anilines is 1. The van der Waals surface area contributed by atoms with Crippen molar-refractivity contribution in [3.05, 3.63) is 77.9 Å². The zero-order valence-corrected chi connectivity index (χ0v) is 21.9. The summed E-state index contributed by atoms with van der Waals surface area (Å²) < 4.78 is 13.1. The van der Waals surface area contributed by atoms with Crippen molar-refractivity contribution in [2.24, 2.45) is 0 Å². The predicted octanol–water partition coefficient (Wildman–Crippen LogP) is 4.34. The number of amides is 2. The highest BCUT2D eigenvalue weighted by molar-refractivity contribution is 6.02. The molecule has 2 heterocycles. The summed E-state index contributed by atoms with van der Waals surface area (Å²) in [6.07, 6.45) is 4.05. The number of para-hydroxylation sites is 1. The highest BCUT2D eigenvalue weighted by Crippen LogP contribution is 2.38. The minimum atomic E-state index is -0.892. The van der Waals surface area contributed by atoms with Gasteiger partial charge in [0.25, 0.3) is 0 Å². The third-order valence-corrected chi connectivity index (χ3v) is 7.47. The Morgan fingerprint density at radius 1 is 1.00 bits per heavy atom. The van der Waals surface area contributed by atoms with Crippen molar-refractivity contribution in [1.29, 1.82) is 0 Å². The maximum atomic E-state index is 14.3. The number of fused-ring (bicyclic) bond motifs is 2. The molecule has 3 aromatic carbocycles. The summed E-state index contributed by atoms with van der Waals surface area (Å²) in [5, 5.41) is 11.7. The minimum absolute atomic E-state index is 0.0892. The highest BCUT2D eigenvalue weighted by Gasteiger charge is 2.36. The van der Waals surface area contributed by atoms with Gasteiger partial charge in [0.1, 0.15) is 31.3 Å². The highest BCUT2D eigenvalue weighted by atomic mass is 16.6. The first-order chi connectivity index (χ1) is 19.1. The lowest BCUT2D eigenvalue weighted by molar-refractivity contribution is -0.127. The molecule has 1 aliphatic heterocycles. The zero-order valence-electron chi connectivity index (χ0n) is 21.9. The molecule has 0 unspecified atom stereocenters. The van der Waals surface area contributed by atoms with Gasteiger partial charge in [-0.1, -0.05) is 54.5 Å². The van der Waals surface area contributed by atoms with E-state index in [1.807, 2.05) is 55.5 Å². The van der Waals surface area contributed by atoms with Gasteiger partial charge in [-0.15, -0.1) is 5.10 Å². The standard InChI is InChI=1S/C30H31N5O4/c1-20-8-2-5-11-23(20)29(30(37)31-21-9-3-4-10-21)35(22-14-15-26-27(18-22)39-17-16-38-26)28(36)19-34-25-13-7-6-12-24(25)32-33-34/h2,5-8,11-15,18,21,29H,3-4,9-10,16-17,19H2,1H3,(H,31,37)/t29-/m1/s1. The molecule has 1 atom stereocenters. The zero-order chi connectivity index (χ0) is 26.8. The first kappa shape index (κ1) is 24.9. The molecule has 1 N–H and O–H groups in total. The average molecular weight is 526 g/mol. The lowest BCUT2D eigenvalue weighted by Crippen LogP contribution is -2.47. The van der Waals surface area contributed by atoms with Crippen molar-refractivity contribution in [2.45, 2.75) is 51.2 Å². The Morgan fingerprint density at radius 2 is 1.74 bits per heavy atom. The normalized spacial score (nSPS) is 15.7. The Bertz CT molecular complexity index is 1510. The molecule has 200 valence electrons. The van der Waals surface area contributed by atoms with Gasteiger partial charge >= 0.3 is 0 Å². The van der Waals surface area contributed by atoms with E-state index in [9.17, 15) is 9.59 Å². The van der Waals surface area contributed by atoms with Gasteiger partial charge in [0.2, 0.25) is 11.8 Å². The number of carbonyl (C=O) groups excluding carboxylic acids is 2. The average Bonchev–Trinajstić information content (AvgIpc) is 3.62. The van der Waals surface area contributed by atoms with Crippen molar-refractivity contribution < 1.29 is 19.1 Å². The fourth-order valence-corrected chi connectivity index (χ4v) is 5.50. The van der Waals surface area contributed by atoms with Gasteiger partial charge < -0.3 is 14.8 Å². The lowest BCUT2D eigenvalue weighted by Gasteiger charge is -2.33. The van der Waals surface area contributed by atoms with Crippen LogP contribution in [0.3, 0.4) is 0 Å². The van der Waals surface area contributed by atoms with Crippen molar-refractivity contribution in [1.82, 2.24) is 20.3 Å². The molecule has 0 bridgehead atoms. The van der Waals surface area contributed by atoms with Crippen molar-refractivity contribution >= 4 is 28.5 Å². The molecule has 6 rings (SSSR count). The van der Waals surface area contributed by atoms with Gasteiger partial charge in [0.05, 0.1) is 5.52 Å². The van der Waals surface area contributed by atoms with Crippen molar-refractivity contribution in [3.63, 3.8) is 0 Å². The summed E-state index contributed by atoms with van der Waals surface area (Å²) >= 11 is 0. The number of hydrogen-bond acceptors (Lipinski definition) is 6. The van der Waals surface area contributed by atoms with Gasteiger partial charge in [0.15, 0.2) is 11.5 Å². The molecule has 2 aliphatic rings. The fourth-order valence-electron chi connectivity index (χ4n) is 5.50. The van der Waals surface area contributed by atoms with E-state index >= 15 is 0 Å². The van der Waals surface area contributed by atoms with Crippen LogP contribution >= 0.6 is 0 Å². The summed E-state index contributed by atoms with van der Waals surface area (Å²) in [7, 11) is 0. The number of carbonyl (C=O) groups is 2. The van der Waals surface area contributed by atoms with E-state index in [2.05, 4.69) is 15.6 Å². The van der Waals surface area contributed by atoms with Crippen molar-refractivity contribution in [2.75, 3.05) is 18.1 Å². The smallest absolute Gasteiger partial charge is 0.249 e. The van der Waals surface area contributed by atoms with Gasteiger partial charge in [-0.2, -0.15) is 0 Å². The van der Waals surface area contributed by atoms with Crippen LogP contribution in [0.15, 0.2) is 66.7 Å². The molecule has 0 spiro atoms. The number of benzene rings is 3. The summed E-state index contributed by atoms with van der Waals surface area (Å²) in [5.41, 5.74) is 3.68. The summed E-state index contributed by atoms with van der Waals surface area (Å²) in [6.45, 7) is 2.75. The molecule has 9 heteroatoms. The van der Waals surface area contributed by atoms with Crippen LogP contribution in [0, 0.1) is 6.92 Å². The van der Waals surface area contributed by atoms with Crippen LogP contribution in [0.5, 0.6) is 11.5 Å². The third kappa shape index (κ3) is 5.04. The Morgan fingerprint density at radius 3 is 2.56 bits per heavy atom. The molecular formula is C30H31N5O4. The van der Waals surface area contributed by atoms with Crippen LogP contribution in [-0.2, 0) is 16.1 Å². The first-order valence-electron chi connectivity index (χ1n) is 13.4. The Kier molecular flexibility index (Phi) is 6.87. The van der Waals surface area contributed by atoms with E-state index in [-0.39, 0.29) is 24.4 Å². The maximum absolute atomic E-state index is 14.3. The second kappa shape index (κ2) is 10.8. The van der Waals surface area contributed by atoms with E-state index in [1.165, 1.54) is 0 Å². The number of ether oxygens (including phenoxy) is 2. The van der Waals surface area contributed by atoms with Gasteiger partial charge in [-0.05, 0) is 55.2 Å². The third-order valence-electron chi connectivity index (χ3n) is 7.47. The number of nitrogens with zero attached hydrogens (tertiary/aromatic N) is 4. The van der Waals surface area contributed by atoms with Crippen LogP contribution in [-0.4, -0.2) is 46.1 Å². The van der Waals surface area contributed by atoms with Gasteiger partial charge in [-0.3, -0.25) is 14.5 Å². The molecule has 1 aliphatic carbocycles. The Balaban J connectivity index is 1.45. The van der Waals surface area contributed by atoms with Crippen LogP contribution in [0.4, 0.5) is 5.69 Å². The SMILES string of the molecule is Cc1ccccc1[C@H](C(=O)NC1CCCC1)N(C(=O)Cn1nnc2ccccc21)c1ccc2c(c1)OCCO2. The first-order valence-corrected chi connectivity index (χ1v) is 13.4. The van der Waals surface area contributed by atoms with E-state index in [0.717, 1.165) is 42.3 Å². The molecule has 39 heavy (non-hydrogen) atoms.